The minimum atomic E-state index is -0.346. The molecule has 0 unspecified atom stereocenters. The van der Waals surface area contributed by atoms with Crippen LogP contribution in [-0.2, 0) is 0 Å². The van der Waals surface area contributed by atoms with Crippen molar-refractivity contribution in [3.05, 3.63) is 54.6 Å². The number of hydrogen-bond acceptors (Lipinski definition) is 4. The average Bonchev–Trinajstić information content (AvgIpc) is 2.39. The summed E-state index contributed by atoms with van der Waals surface area (Å²) >= 11 is 0. The molecule has 0 spiro atoms. The van der Waals surface area contributed by atoms with Crippen molar-refractivity contribution in [2.75, 3.05) is 5.32 Å². The van der Waals surface area contributed by atoms with Gasteiger partial charge in [0.05, 0.1) is 5.52 Å². The molecule has 2 N–H and O–H groups in total. The van der Waals surface area contributed by atoms with Crippen LogP contribution >= 0.6 is 0 Å². The van der Waals surface area contributed by atoms with Crippen LogP contribution in [0.1, 0.15) is 0 Å². The Bertz CT molecular complexity index is 746. The molecule has 0 radical (unpaired) electrons. The first-order valence-corrected chi connectivity index (χ1v) is 5.69. The van der Waals surface area contributed by atoms with Gasteiger partial charge in [-0.3, -0.25) is 0 Å². The number of nitrogens with zero attached hydrogens (tertiary/aromatic N) is 2. The molecule has 3 rings (SSSR count). The number of phenolic OH excluding ortho intramolecular Hbond substituents is 1. The lowest BCUT2D eigenvalue weighted by atomic mass is 10.2. The van der Waals surface area contributed by atoms with Crippen LogP contribution in [0.4, 0.5) is 15.9 Å². The predicted molar refractivity (Wildman–Crippen MR) is 70.9 cm³/mol. The zero-order chi connectivity index (χ0) is 13.2. The molecule has 0 fully saturated rings. The highest BCUT2D eigenvalue weighted by Crippen LogP contribution is 2.25. The van der Waals surface area contributed by atoms with Gasteiger partial charge in [-0.15, -0.1) is 0 Å². The van der Waals surface area contributed by atoms with E-state index in [-0.39, 0.29) is 11.6 Å². The van der Waals surface area contributed by atoms with Gasteiger partial charge in [-0.05, 0) is 30.3 Å². The Labute approximate surface area is 108 Å². The highest BCUT2D eigenvalue weighted by molar-refractivity contribution is 5.90. The molecule has 0 saturated carbocycles. The minimum Gasteiger partial charge on any atom is -0.508 e. The SMILES string of the molecule is Oc1cccc(Nc2ncnc3ccc(F)cc23)c1. The summed E-state index contributed by atoms with van der Waals surface area (Å²) in [7, 11) is 0. The molecule has 3 aromatic rings. The highest BCUT2D eigenvalue weighted by atomic mass is 19.1. The number of nitrogens with one attached hydrogen (secondary N) is 1. The van der Waals surface area contributed by atoms with Gasteiger partial charge < -0.3 is 10.4 Å². The summed E-state index contributed by atoms with van der Waals surface area (Å²) in [5.74, 6) is 0.297. The molecule has 94 valence electrons. The van der Waals surface area contributed by atoms with Crippen molar-refractivity contribution >= 4 is 22.4 Å². The number of aromatic hydroxyl groups is 1. The number of anilines is 2. The standard InChI is InChI=1S/C14H10FN3O/c15-9-4-5-13-12(6-9)14(17-8-16-13)18-10-2-1-3-11(19)7-10/h1-8,19H,(H,16,17,18). The summed E-state index contributed by atoms with van der Waals surface area (Å²) in [6.07, 6.45) is 1.41. The average molecular weight is 255 g/mol. The van der Waals surface area contributed by atoms with Gasteiger partial charge in [0.1, 0.15) is 23.7 Å². The smallest absolute Gasteiger partial charge is 0.141 e. The van der Waals surface area contributed by atoms with Crippen molar-refractivity contribution in [1.29, 1.82) is 0 Å². The molecular formula is C14H10FN3O. The van der Waals surface area contributed by atoms with E-state index < -0.39 is 0 Å². The van der Waals surface area contributed by atoms with Gasteiger partial charge in [0.25, 0.3) is 0 Å². The Morgan fingerprint density at radius 2 is 1.95 bits per heavy atom. The van der Waals surface area contributed by atoms with Gasteiger partial charge >= 0.3 is 0 Å². The van der Waals surface area contributed by atoms with E-state index in [0.29, 0.717) is 22.4 Å². The normalized spacial score (nSPS) is 10.6. The Balaban J connectivity index is 2.07. The molecule has 0 amide bonds. The topological polar surface area (TPSA) is 58.0 Å². The first-order chi connectivity index (χ1) is 9.22. The maximum Gasteiger partial charge on any atom is 0.141 e. The molecule has 0 aliphatic heterocycles. The second kappa shape index (κ2) is 4.53. The summed E-state index contributed by atoms with van der Waals surface area (Å²) < 4.78 is 13.3. The van der Waals surface area contributed by atoms with E-state index in [0.717, 1.165) is 0 Å². The second-order valence-electron chi connectivity index (χ2n) is 4.06. The van der Waals surface area contributed by atoms with E-state index >= 15 is 0 Å². The Kier molecular flexibility index (Phi) is 2.72. The number of benzene rings is 2. The van der Waals surface area contributed by atoms with Crippen molar-refractivity contribution in [3.8, 4) is 5.75 Å². The molecule has 1 heterocycles. The zero-order valence-electron chi connectivity index (χ0n) is 9.84. The van der Waals surface area contributed by atoms with E-state index in [9.17, 15) is 9.50 Å². The Morgan fingerprint density at radius 3 is 2.79 bits per heavy atom. The van der Waals surface area contributed by atoms with E-state index in [1.54, 1.807) is 30.3 Å². The van der Waals surface area contributed by atoms with Gasteiger partial charge in [0.15, 0.2) is 0 Å². The molecule has 19 heavy (non-hydrogen) atoms. The van der Waals surface area contributed by atoms with Crippen molar-refractivity contribution < 1.29 is 9.50 Å². The van der Waals surface area contributed by atoms with Crippen LogP contribution in [-0.4, -0.2) is 15.1 Å². The molecular weight excluding hydrogens is 245 g/mol. The summed E-state index contributed by atoms with van der Waals surface area (Å²) in [5, 5.41) is 13.0. The summed E-state index contributed by atoms with van der Waals surface area (Å²) in [5.41, 5.74) is 1.32. The lowest BCUT2D eigenvalue weighted by Gasteiger charge is -2.08. The number of fused-ring (bicyclic) bond motifs is 1. The first-order valence-electron chi connectivity index (χ1n) is 5.69. The summed E-state index contributed by atoms with van der Waals surface area (Å²) in [6.45, 7) is 0. The molecule has 4 nitrogen and oxygen atoms in total. The molecule has 1 aromatic heterocycles. The van der Waals surface area contributed by atoms with Crippen molar-refractivity contribution in [2.24, 2.45) is 0 Å². The van der Waals surface area contributed by atoms with Crippen LogP contribution < -0.4 is 5.32 Å². The van der Waals surface area contributed by atoms with Gasteiger partial charge in [0.2, 0.25) is 0 Å². The molecule has 0 aliphatic carbocycles. The fraction of sp³-hybridized carbons (Fsp3) is 0. The molecule has 0 bridgehead atoms. The number of rotatable bonds is 2. The fourth-order valence-electron chi connectivity index (χ4n) is 1.85. The van der Waals surface area contributed by atoms with E-state index in [1.807, 2.05) is 0 Å². The Morgan fingerprint density at radius 1 is 1.05 bits per heavy atom. The van der Waals surface area contributed by atoms with Gasteiger partial charge in [-0.25, -0.2) is 14.4 Å². The molecule has 0 aliphatic rings. The van der Waals surface area contributed by atoms with Crippen LogP contribution in [0, 0.1) is 5.82 Å². The number of phenols is 1. The fourth-order valence-corrected chi connectivity index (χ4v) is 1.85. The number of aromatic nitrogens is 2. The van der Waals surface area contributed by atoms with Crippen LogP contribution in [0.3, 0.4) is 0 Å². The largest absolute Gasteiger partial charge is 0.508 e. The van der Waals surface area contributed by atoms with Gasteiger partial charge in [0, 0.05) is 17.1 Å². The summed E-state index contributed by atoms with van der Waals surface area (Å²) in [4.78, 5) is 8.18. The van der Waals surface area contributed by atoms with Crippen LogP contribution in [0.5, 0.6) is 5.75 Å². The molecule has 0 atom stereocenters. The molecule has 2 aromatic carbocycles. The summed E-state index contributed by atoms with van der Waals surface area (Å²) in [6, 6.07) is 11.0. The third-order valence-electron chi connectivity index (χ3n) is 2.71. The van der Waals surface area contributed by atoms with Crippen molar-refractivity contribution in [2.45, 2.75) is 0 Å². The van der Waals surface area contributed by atoms with Gasteiger partial charge in [-0.1, -0.05) is 6.07 Å². The third kappa shape index (κ3) is 2.30. The Hall–Kier alpha value is -2.69. The quantitative estimate of drug-likeness (QED) is 0.738. The van der Waals surface area contributed by atoms with Gasteiger partial charge in [-0.2, -0.15) is 0 Å². The van der Waals surface area contributed by atoms with Crippen molar-refractivity contribution in [3.63, 3.8) is 0 Å². The van der Waals surface area contributed by atoms with E-state index in [1.165, 1.54) is 18.5 Å². The second-order valence-corrected chi connectivity index (χ2v) is 4.06. The highest BCUT2D eigenvalue weighted by Gasteiger charge is 2.05. The lowest BCUT2D eigenvalue weighted by molar-refractivity contribution is 0.475. The van der Waals surface area contributed by atoms with Crippen LogP contribution in [0.25, 0.3) is 10.9 Å². The zero-order valence-corrected chi connectivity index (χ0v) is 9.84. The van der Waals surface area contributed by atoms with E-state index in [2.05, 4.69) is 15.3 Å². The number of hydrogen-bond donors (Lipinski definition) is 2. The van der Waals surface area contributed by atoms with E-state index in [4.69, 9.17) is 0 Å². The predicted octanol–water partition coefficient (Wildman–Crippen LogP) is 3.22. The minimum absolute atomic E-state index is 0.148. The maximum atomic E-state index is 13.3. The lowest BCUT2D eigenvalue weighted by Crippen LogP contribution is -1.96. The first kappa shape index (κ1) is 11.4. The third-order valence-corrected chi connectivity index (χ3v) is 2.71. The van der Waals surface area contributed by atoms with Crippen LogP contribution in [0.2, 0.25) is 0 Å². The number of halogens is 1. The van der Waals surface area contributed by atoms with Crippen LogP contribution in [0.15, 0.2) is 48.8 Å². The maximum absolute atomic E-state index is 13.3. The monoisotopic (exact) mass is 255 g/mol. The molecule has 5 heteroatoms. The molecule has 0 saturated heterocycles. The van der Waals surface area contributed by atoms with Crippen molar-refractivity contribution in [1.82, 2.24) is 9.97 Å².